The summed E-state index contributed by atoms with van der Waals surface area (Å²) >= 11 is 18.1. The third-order valence-electron chi connectivity index (χ3n) is 5.51. The molecular weight excluding hydrogens is 436 g/mol. The van der Waals surface area contributed by atoms with E-state index in [1.807, 2.05) is 17.1 Å². The van der Waals surface area contributed by atoms with Crippen LogP contribution in [0.3, 0.4) is 0 Å². The first-order valence-corrected chi connectivity index (χ1v) is 10.0. The second kappa shape index (κ2) is 7.27. The normalized spacial score (nSPS) is 22.9. The number of hydrogen-bond acceptors (Lipinski definition) is 3. The van der Waals surface area contributed by atoms with Crippen LogP contribution in [0.2, 0.25) is 15.1 Å². The van der Waals surface area contributed by atoms with Gasteiger partial charge in [-0.1, -0.05) is 40.9 Å². The van der Waals surface area contributed by atoms with Gasteiger partial charge >= 0.3 is 6.18 Å². The van der Waals surface area contributed by atoms with Gasteiger partial charge in [-0.2, -0.15) is 18.0 Å². The van der Waals surface area contributed by atoms with E-state index in [9.17, 15) is 13.2 Å². The van der Waals surface area contributed by atoms with Crippen molar-refractivity contribution in [2.45, 2.75) is 19.6 Å². The van der Waals surface area contributed by atoms with Gasteiger partial charge < -0.3 is 0 Å². The first kappa shape index (κ1) is 20.1. The van der Waals surface area contributed by atoms with E-state index in [2.05, 4.69) is 10.00 Å². The van der Waals surface area contributed by atoms with Gasteiger partial charge in [0.05, 0.1) is 10.7 Å². The van der Waals surface area contributed by atoms with Crippen molar-refractivity contribution in [2.24, 2.45) is 11.8 Å². The zero-order valence-electron chi connectivity index (χ0n) is 15.0. The largest absolute Gasteiger partial charge is 0.436 e. The van der Waals surface area contributed by atoms with Gasteiger partial charge in [-0.05, 0) is 36.5 Å². The molecule has 2 fully saturated rings. The van der Waals surface area contributed by atoms with E-state index in [1.54, 1.807) is 13.0 Å². The Balaban J connectivity index is 1.43. The van der Waals surface area contributed by atoms with Crippen LogP contribution in [0.4, 0.5) is 13.2 Å². The predicted molar refractivity (Wildman–Crippen MR) is 104 cm³/mol. The Labute approximate surface area is 175 Å². The Morgan fingerprint density at radius 3 is 2.25 bits per heavy atom. The quantitative estimate of drug-likeness (QED) is 0.663. The molecule has 152 valence electrons. The van der Waals surface area contributed by atoms with Gasteiger partial charge in [0.1, 0.15) is 0 Å². The lowest BCUT2D eigenvalue weighted by Gasteiger charge is -2.24. The van der Waals surface area contributed by atoms with Crippen LogP contribution in [-0.2, 0) is 12.7 Å². The lowest BCUT2D eigenvalue weighted by molar-refractivity contribution is -0.141. The van der Waals surface area contributed by atoms with E-state index in [4.69, 9.17) is 34.8 Å². The molecule has 28 heavy (non-hydrogen) atoms. The fourth-order valence-corrected chi connectivity index (χ4v) is 4.86. The van der Waals surface area contributed by atoms with E-state index in [0.717, 1.165) is 25.2 Å². The molecule has 4 rings (SSSR count). The maximum Gasteiger partial charge on any atom is 0.436 e. The number of alkyl halides is 3. The summed E-state index contributed by atoms with van der Waals surface area (Å²) in [7, 11) is 0. The van der Waals surface area contributed by atoms with E-state index < -0.39 is 11.9 Å². The monoisotopic (exact) mass is 452 g/mol. The Morgan fingerprint density at radius 2 is 1.71 bits per heavy atom. The van der Waals surface area contributed by atoms with E-state index >= 15 is 0 Å². The summed E-state index contributed by atoms with van der Waals surface area (Å²) in [5.41, 5.74) is 0.314. The Morgan fingerprint density at radius 1 is 1.07 bits per heavy atom. The molecule has 2 aliphatic heterocycles. The summed E-state index contributed by atoms with van der Waals surface area (Å²) in [6.07, 6.45) is -4.56. The SMILES string of the molecule is Cc1c(Cl)c(C(F)(F)F)nn1N1CC2CN(Cc3ccc(Cl)cc3Cl)CC2C1. The highest BCUT2D eigenvalue weighted by molar-refractivity contribution is 6.35. The minimum absolute atomic E-state index is 0.318. The van der Waals surface area contributed by atoms with Gasteiger partial charge in [-0.15, -0.1) is 5.10 Å². The van der Waals surface area contributed by atoms with Gasteiger partial charge in [0, 0.05) is 42.8 Å². The van der Waals surface area contributed by atoms with Gasteiger partial charge in [-0.25, -0.2) is 0 Å². The van der Waals surface area contributed by atoms with Crippen molar-refractivity contribution in [2.75, 3.05) is 31.2 Å². The van der Waals surface area contributed by atoms with Crippen molar-refractivity contribution in [3.63, 3.8) is 0 Å². The topological polar surface area (TPSA) is 24.3 Å². The molecule has 0 bridgehead atoms. The Kier molecular flexibility index (Phi) is 5.23. The third-order valence-corrected chi connectivity index (χ3v) is 6.55. The summed E-state index contributed by atoms with van der Waals surface area (Å²) in [5.74, 6) is 0.727. The van der Waals surface area contributed by atoms with Crippen LogP contribution < -0.4 is 5.01 Å². The molecule has 0 spiro atoms. The molecule has 2 aromatic rings. The van der Waals surface area contributed by atoms with Crippen molar-refractivity contribution in [3.8, 4) is 0 Å². The molecule has 0 N–H and O–H groups in total. The number of aromatic nitrogens is 2. The maximum absolute atomic E-state index is 13.1. The molecular formula is C18H18Cl3F3N4. The molecule has 0 aliphatic carbocycles. The van der Waals surface area contributed by atoms with Gasteiger partial charge in [0.25, 0.3) is 0 Å². The smallest absolute Gasteiger partial charge is 0.298 e. The highest BCUT2D eigenvalue weighted by Gasteiger charge is 2.43. The number of halogens is 6. The molecule has 2 aliphatic rings. The summed E-state index contributed by atoms with van der Waals surface area (Å²) in [6, 6.07) is 5.49. The molecule has 2 saturated heterocycles. The lowest BCUT2D eigenvalue weighted by atomic mass is 10.0. The minimum Gasteiger partial charge on any atom is -0.298 e. The number of nitrogens with zero attached hydrogens (tertiary/aromatic N) is 4. The molecule has 1 aromatic carbocycles. The fourth-order valence-electron chi connectivity index (χ4n) is 4.17. The van der Waals surface area contributed by atoms with E-state index in [0.29, 0.717) is 40.7 Å². The first-order chi connectivity index (χ1) is 13.1. The number of hydrogen-bond donors (Lipinski definition) is 0. The predicted octanol–water partition coefficient (Wildman–Crippen LogP) is 4.87. The molecule has 3 heterocycles. The van der Waals surface area contributed by atoms with Crippen molar-refractivity contribution >= 4 is 34.8 Å². The maximum atomic E-state index is 13.1. The van der Waals surface area contributed by atoms with Crippen LogP contribution >= 0.6 is 34.8 Å². The summed E-state index contributed by atoms with van der Waals surface area (Å²) < 4.78 is 39.2. The van der Waals surface area contributed by atoms with Crippen molar-refractivity contribution < 1.29 is 13.2 Å². The minimum atomic E-state index is -4.56. The van der Waals surface area contributed by atoms with Crippen LogP contribution in [0, 0.1) is 18.8 Å². The van der Waals surface area contributed by atoms with Crippen LogP contribution in [-0.4, -0.2) is 41.0 Å². The molecule has 1 aromatic heterocycles. The fraction of sp³-hybridized carbons (Fsp3) is 0.500. The van der Waals surface area contributed by atoms with Crippen molar-refractivity contribution in [1.82, 2.24) is 14.8 Å². The van der Waals surface area contributed by atoms with Crippen LogP contribution in [0.15, 0.2) is 18.2 Å². The summed E-state index contributed by atoms with van der Waals surface area (Å²) in [6.45, 7) is 5.30. The standard InChI is InChI=1S/C18H18Cl3F3N4/c1-10-16(21)17(18(22,23)24)25-28(10)27-8-12-6-26(7-13(12)9-27)5-11-2-3-14(19)4-15(11)20/h2-4,12-13H,5-9H2,1H3. The average Bonchev–Trinajstić information content (AvgIpc) is 3.22. The number of benzene rings is 1. The molecule has 0 saturated carbocycles. The molecule has 4 nitrogen and oxygen atoms in total. The van der Waals surface area contributed by atoms with E-state index in [-0.39, 0.29) is 5.02 Å². The lowest BCUT2D eigenvalue weighted by Crippen LogP contribution is -2.37. The van der Waals surface area contributed by atoms with Crippen LogP contribution in [0.25, 0.3) is 0 Å². The van der Waals surface area contributed by atoms with Crippen LogP contribution in [0.5, 0.6) is 0 Å². The molecule has 2 atom stereocenters. The molecule has 2 unspecified atom stereocenters. The Bertz CT molecular complexity index is 885. The number of rotatable bonds is 3. The van der Waals surface area contributed by atoms with Crippen LogP contribution in [0.1, 0.15) is 17.0 Å². The highest BCUT2D eigenvalue weighted by atomic mass is 35.5. The number of likely N-dealkylation sites (tertiary alicyclic amines) is 1. The second-order valence-corrected chi connectivity index (χ2v) is 8.68. The third kappa shape index (κ3) is 3.70. The first-order valence-electron chi connectivity index (χ1n) is 8.87. The molecule has 10 heteroatoms. The number of fused-ring (bicyclic) bond motifs is 1. The highest BCUT2D eigenvalue weighted by Crippen LogP contribution is 2.37. The second-order valence-electron chi connectivity index (χ2n) is 7.46. The molecule has 0 radical (unpaired) electrons. The zero-order valence-corrected chi connectivity index (χ0v) is 17.2. The van der Waals surface area contributed by atoms with Gasteiger partial charge in [0.15, 0.2) is 5.69 Å². The van der Waals surface area contributed by atoms with Gasteiger partial charge in [0.2, 0.25) is 0 Å². The van der Waals surface area contributed by atoms with Crippen molar-refractivity contribution in [3.05, 3.63) is 50.2 Å². The van der Waals surface area contributed by atoms with Gasteiger partial charge in [-0.3, -0.25) is 9.91 Å². The summed E-state index contributed by atoms with van der Waals surface area (Å²) in [5, 5.41) is 6.52. The van der Waals surface area contributed by atoms with E-state index in [1.165, 1.54) is 4.79 Å². The van der Waals surface area contributed by atoms with Crippen molar-refractivity contribution in [1.29, 1.82) is 0 Å². The molecule has 0 amide bonds. The summed E-state index contributed by atoms with van der Waals surface area (Å²) in [4.78, 5) is 3.65. The Hall–Kier alpha value is -1.15. The average molecular weight is 454 g/mol. The zero-order chi connectivity index (χ0) is 20.2.